The maximum absolute atomic E-state index is 12.2. The van der Waals surface area contributed by atoms with Gasteiger partial charge in [-0.1, -0.05) is 0 Å². The highest BCUT2D eigenvalue weighted by Gasteiger charge is 2.40. The second kappa shape index (κ2) is 5.27. The van der Waals surface area contributed by atoms with E-state index in [1.165, 1.54) is 0 Å². The van der Waals surface area contributed by atoms with E-state index in [0.717, 1.165) is 0 Å². The van der Waals surface area contributed by atoms with E-state index in [4.69, 9.17) is 15.2 Å². The lowest BCUT2D eigenvalue weighted by Crippen LogP contribution is -2.61. The molecule has 1 saturated heterocycles. The first kappa shape index (κ1) is 15.6. The van der Waals surface area contributed by atoms with Crippen LogP contribution in [0.4, 0.5) is 4.79 Å². The Labute approximate surface area is 114 Å². The lowest BCUT2D eigenvalue weighted by atomic mass is 10.0. The van der Waals surface area contributed by atoms with Crippen molar-refractivity contribution < 1.29 is 14.3 Å². The van der Waals surface area contributed by atoms with E-state index in [1.54, 1.807) is 4.90 Å². The number of nitrogens with two attached hydrogens (primary N) is 1. The van der Waals surface area contributed by atoms with Crippen LogP contribution in [0.3, 0.4) is 0 Å². The number of hydrogen-bond acceptors (Lipinski definition) is 5. The summed E-state index contributed by atoms with van der Waals surface area (Å²) in [6, 6.07) is -0.267. The number of morpholine rings is 1. The molecule has 5 nitrogen and oxygen atoms in total. The van der Waals surface area contributed by atoms with Crippen LogP contribution >= 0.6 is 12.6 Å². The molecule has 1 fully saturated rings. The molecule has 0 aromatic heterocycles. The summed E-state index contributed by atoms with van der Waals surface area (Å²) < 4.78 is 11.1. The standard InChI is InChI=1S/C12H24N2O3S/c1-11(2,3)17-10(15)14-7-12(4,5)16-6-8(14)9(13)18/h8-9,18H,6-7,13H2,1-5H3. The van der Waals surface area contributed by atoms with Crippen molar-refractivity contribution in [1.82, 2.24) is 4.90 Å². The van der Waals surface area contributed by atoms with Crippen LogP contribution in [0.1, 0.15) is 34.6 Å². The average molecular weight is 276 g/mol. The molecule has 1 aliphatic heterocycles. The zero-order chi connectivity index (χ0) is 14.1. The van der Waals surface area contributed by atoms with Crippen molar-refractivity contribution in [1.29, 1.82) is 0 Å². The Morgan fingerprint density at radius 2 is 2.11 bits per heavy atom. The molecule has 1 amide bonds. The monoisotopic (exact) mass is 276 g/mol. The molecule has 2 atom stereocenters. The predicted molar refractivity (Wildman–Crippen MR) is 73.7 cm³/mol. The van der Waals surface area contributed by atoms with E-state index < -0.39 is 16.6 Å². The lowest BCUT2D eigenvalue weighted by molar-refractivity contribution is -0.112. The van der Waals surface area contributed by atoms with Gasteiger partial charge in [0.25, 0.3) is 0 Å². The fourth-order valence-electron chi connectivity index (χ4n) is 1.78. The molecule has 0 spiro atoms. The van der Waals surface area contributed by atoms with E-state index in [1.807, 2.05) is 34.6 Å². The third-order valence-corrected chi connectivity index (χ3v) is 2.96. The molecule has 2 unspecified atom stereocenters. The van der Waals surface area contributed by atoms with Gasteiger partial charge in [0, 0.05) is 0 Å². The molecule has 0 aliphatic carbocycles. The first-order valence-corrected chi connectivity index (χ1v) is 6.61. The summed E-state index contributed by atoms with van der Waals surface area (Å²) in [5.41, 5.74) is 4.87. The summed E-state index contributed by atoms with van der Waals surface area (Å²) in [7, 11) is 0. The number of hydrogen-bond donors (Lipinski definition) is 2. The summed E-state index contributed by atoms with van der Waals surface area (Å²) in [4.78, 5) is 13.8. The van der Waals surface area contributed by atoms with Gasteiger partial charge in [-0.3, -0.25) is 4.90 Å². The molecule has 1 heterocycles. The maximum atomic E-state index is 12.2. The molecule has 0 aromatic rings. The Bertz CT molecular complexity index is 313. The number of thiol groups is 1. The normalized spacial score (nSPS) is 25.7. The van der Waals surface area contributed by atoms with Crippen molar-refractivity contribution >= 4 is 18.7 Å². The van der Waals surface area contributed by atoms with Crippen LogP contribution in [0.2, 0.25) is 0 Å². The van der Waals surface area contributed by atoms with Crippen molar-refractivity contribution in [2.45, 2.75) is 57.2 Å². The third kappa shape index (κ3) is 4.33. The van der Waals surface area contributed by atoms with Crippen LogP contribution in [-0.4, -0.2) is 46.8 Å². The quantitative estimate of drug-likeness (QED) is 0.564. The Kier molecular flexibility index (Phi) is 4.56. The minimum Gasteiger partial charge on any atom is -0.444 e. The fraction of sp³-hybridized carbons (Fsp3) is 0.917. The van der Waals surface area contributed by atoms with E-state index in [-0.39, 0.29) is 12.1 Å². The van der Waals surface area contributed by atoms with Crippen LogP contribution in [0, 0.1) is 0 Å². The zero-order valence-electron chi connectivity index (χ0n) is 11.8. The SMILES string of the molecule is CC(C)(C)OC(=O)N1CC(C)(C)OCC1C(N)S. The van der Waals surface area contributed by atoms with Gasteiger partial charge in [0.1, 0.15) is 5.60 Å². The Balaban J connectivity index is 2.82. The van der Waals surface area contributed by atoms with E-state index in [2.05, 4.69) is 12.6 Å². The van der Waals surface area contributed by atoms with Gasteiger partial charge in [-0.25, -0.2) is 4.79 Å². The molecule has 106 valence electrons. The molecule has 1 aliphatic rings. The summed E-state index contributed by atoms with van der Waals surface area (Å²) >= 11 is 4.21. The Morgan fingerprint density at radius 1 is 1.56 bits per heavy atom. The van der Waals surface area contributed by atoms with Gasteiger partial charge < -0.3 is 15.2 Å². The van der Waals surface area contributed by atoms with Crippen LogP contribution in [0.15, 0.2) is 0 Å². The average Bonchev–Trinajstić information content (AvgIpc) is 2.12. The van der Waals surface area contributed by atoms with Crippen LogP contribution in [-0.2, 0) is 9.47 Å². The molecule has 0 bridgehead atoms. The van der Waals surface area contributed by atoms with Crippen LogP contribution in [0.5, 0.6) is 0 Å². The van der Waals surface area contributed by atoms with Crippen LogP contribution in [0.25, 0.3) is 0 Å². The largest absolute Gasteiger partial charge is 0.444 e. The fourth-order valence-corrected chi connectivity index (χ4v) is 2.02. The molecule has 1 rings (SSSR count). The first-order valence-electron chi connectivity index (χ1n) is 6.09. The summed E-state index contributed by atoms with van der Waals surface area (Å²) in [6.45, 7) is 10.2. The van der Waals surface area contributed by atoms with Gasteiger partial charge in [0.2, 0.25) is 0 Å². The molecule has 0 radical (unpaired) electrons. The van der Waals surface area contributed by atoms with Gasteiger partial charge in [-0.15, -0.1) is 0 Å². The number of carbonyl (C=O) groups excluding carboxylic acids is 1. The zero-order valence-corrected chi connectivity index (χ0v) is 12.7. The number of ether oxygens (including phenoxy) is 2. The third-order valence-electron chi connectivity index (χ3n) is 2.62. The molecule has 2 N–H and O–H groups in total. The van der Waals surface area contributed by atoms with Gasteiger partial charge in [-0.05, 0) is 34.6 Å². The Hall–Kier alpha value is -0.460. The van der Waals surface area contributed by atoms with Gasteiger partial charge in [0.05, 0.1) is 30.2 Å². The van der Waals surface area contributed by atoms with E-state index >= 15 is 0 Å². The van der Waals surface area contributed by atoms with E-state index in [0.29, 0.717) is 13.2 Å². The van der Waals surface area contributed by atoms with Gasteiger partial charge in [-0.2, -0.15) is 12.6 Å². The molecular weight excluding hydrogens is 252 g/mol. The lowest BCUT2D eigenvalue weighted by Gasteiger charge is -2.44. The molecule has 0 saturated carbocycles. The molecule has 0 aromatic carbocycles. The van der Waals surface area contributed by atoms with Gasteiger partial charge >= 0.3 is 6.09 Å². The topological polar surface area (TPSA) is 64.8 Å². The number of carbonyl (C=O) groups is 1. The summed E-state index contributed by atoms with van der Waals surface area (Å²) in [6.07, 6.45) is -0.367. The molecule has 18 heavy (non-hydrogen) atoms. The van der Waals surface area contributed by atoms with Crippen molar-refractivity contribution in [2.24, 2.45) is 5.73 Å². The predicted octanol–water partition coefficient (Wildman–Crippen LogP) is 1.62. The minimum absolute atomic E-state index is 0.267. The highest BCUT2D eigenvalue weighted by Crippen LogP contribution is 2.24. The molecular formula is C12H24N2O3S. The smallest absolute Gasteiger partial charge is 0.410 e. The second-order valence-corrected chi connectivity index (χ2v) is 6.83. The van der Waals surface area contributed by atoms with Crippen LogP contribution < -0.4 is 5.73 Å². The highest BCUT2D eigenvalue weighted by atomic mass is 32.1. The van der Waals surface area contributed by atoms with Crippen molar-refractivity contribution in [2.75, 3.05) is 13.2 Å². The van der Waals surface area contributed by atoms with Gasteiger partial charge in [0.15, 0.2) is 0 Å². The number of nitrogens with zero attached hydrogens (tertiary/aromatic N) is 1. The summed E-state index contributed by atoms with van der Waals surface area (Å²) in [5.74, 6) is 0. The Morgan fingerprint density at radius 3 is 2.56 bits per heavy atom. The number of rotatable bonds is 1. The van der Waals surface area contributed by atoms with Crippen molar-refractivity contribution in [3.05, 3.63) is 0 Å². The first-order chi connectivity index (χ1) is 8.02. The van der Waals surface area contributed by atoms with Crippen molar-refractivity contribution in [3.8, 4) is 0 Å². The number of amides is 1. The molecule has 6 heteroatoms. The highest BCUT2D eigenvalue weighted by molar-refractivity contribution is 7.80. The maximum Gasteiger partial charge on any atom is 0.410 e. The van der Waals surface area contributed by atoms with Crippen molar-refractivity contribution in [3.63, 3.8) is 0 Å². The second-order valence-electron chi connectivity index (χ2n) is 6.24. The minimum atomic E-state index is -0.523. The summed E-state index contributed by atoms with van der Waals surface area (Å²) in [5, 5.41) is -0.450. The van der Waals surface area contributed by atoms with E-state index in [9.17, 15) is 4.79 Å².